The highest BCUT2D eigenvalue weighted by Crippen LogP contribution is 2.24. The van der Waals surface area contributed by atoms with Gasteiger partial charge in [-0.05, 0) is 25.5 Å². The van der Waals surface area contributed by atoms with Gasteiger partial charge in [-0.1, -0.05) is 41.2 Å². The van der Waals surface area contributed by atoms with Crippen LogP contribution in [0.5, 0.6) is 0 Å². The summed E-state index contributed by atoms with van der Waals surface area (Å²) in [5.74, 6) is -0.295. The molecule has 1 aromatic carbocycles. The summed E-state index contributed by atoms with van der Waals surface area (Å²) in [5, 5.41) is 13.4. The molecule has 0 spiro atoms. The van der Waals surface area contributed by atoms with E-state index in [1.54, 1.807) is 0 Å². The molecule has 1 N–H and O–H groups in total. The summed E-state index contributed by atoms with van der Waals surface area (Å²) >= 11 is 0.878. The lowest BCUT2D eigenvalue weighted by Gasteiger charge is -2.13. The van der Waals surface area contributed by atoms with Crippen LogP contribution in [-0.2, 0) is 0 Å². The van der Waals surface area contributed by atoms with Gasteiger partial charge in [0.25, 0.3) is 5.91 Å². The van der Waals surface area contributed by atoms with Crippen molar-refractivity contribution >= 4 is 22.2 Å². The second kappa shape index (κ2) is 5.83. The first-order valence-corrected chi connectivity index (χ1v) is 6.90. The minimum Gasteiger partial charge on any atom is -0.345 e. The predicted octanol–water partition coefficient (Wildman–Crippen LogP) is 3.46. The second-order valence-electron chi connectivity index (χ2n) is 4.50. The fraction of sp³-hybridized carbons (Fsp3) is 0.214. The Bertz CT molecular complexity index is 634. The molecule has 2 rings (SSSR count). The first-order valence-electron chi connectivity index (χ1n) is 6.09. The third-order valence-corrected chi connectivity index (χ3v) is 3.96. The van der Waals surface area contributed by atoms with E-state index < -0.39 is 4.92 Å². The van der Waals surface area contributed by atoms with Crippen LogP contribution in [0.4, 0.5) is 5.00 Å². The molecule has 6 heteroatoms. The lowest BCUT2D eigenvalue weighted by molar-refractivity contribution is -0.380. The number of rotatable bonds is 4. The molecular formula is C14H14N2O3S. The van der Waals surface area contributed by atoms with Crippen molar-refractivity contribution in [1.29, 1.82) is 0 Å². The average Bonchev–Trinajstić information content (AvgIpc) is 2.89. The van der Waals surface area contributed by atoms with Crippen LogP contribution in [-0.4, -0.2) is 10.8 Å². The normalized spacial score (nSPS) is 11.9. The SMILES string of the molecule is Cc1ccc(C(C)NC(=O)c2ccc([N+](=O)[O-])s2)cc1. The molecule has 0 saturated carbocycles. The Hall–Kier alpha value is -2.21. The van der Waals surface area contributed by atoms with Gasteiger partial charge in [-0.3, -0.25) is 14.9 Å². The van der Waals surface area contributed by atoms with Gasteiger partial charge in [-0.2, -0.15) is 0 Å². The Labute approximate surface area is 120 Å². The summed E-state index contributed by atoms with van der Waals surface area (Å²) < 4.78 is 0. The van der Waals surface area contributed by atoms with E-state index in [1.807, 2.05) is 38.1 Å². The van der Waals surface area contributed by atoms with E-state index in [-0.39, 0.29) is 17.0 Å². The van der Waals surface area contributed by atoms with Gasteiger partial charge in [0.15, 0.2) is 0 Å². The van der Waals surface area contributed by atoms with Gasteiger partial charge in [0.2, 0.25) is 0 Å². The number of thiophene rings is 1. The molecule has 1 aromatic heterocycles. The second-order valence-corrected chi connectivity index (χ2v) is 5.56. The minimum atomic E-state index is -0.495. The summed E-state index contributed by atoms with van der Waals surface area (Å²) in [5.41, 5.74) is 2.15. The topological polar surface area (TPSA) is 72.2 Å². The van der Waals surface area contributed by atoms with Crippen LogP contribution in [0.2, 0.25) is 0 Å². The molecule has 20 heavy (non-hydrogen) atoms. The number of amides is 1. The molecule has 0 saturated heterocycles. The maximum Gasteiger partial charge on any atom is 0.324 e. The third-order valence-electron chi connectivity index (χ3n) is 2.92. The summed E-state index contributed by atoms with van der Waals surface area (Å²) in [6, 6.07) is 10.5. The largest absolute Gasteiger partial charge is 0.345 e. The van der Waals surface area contributed by atoms with E-state index in [4.69, 9.17) is 0 Å². The molecule has 0 bridgehead atoms. The molecule has 2 aromatic rings. The highest BCUT2D eigenvalue weighted by atomic mass is 32.1. The Morgan fingerprint density at radius 1 is 1.25 bits per heavy atom. The highest BCUT2D eigenvalue weighted by molar-refractivity contribution is 7.17. The van der Waals surface area contributed by atoms with E-state index >= 15 is 0 Å². The monoisotopic (exact) mass is 290 g/mol. The van der Waals surface area contributed by atoms with Crippen molar-refractivity contribution in [2.24, 2.45) is 0 Å². The van der Waals surface area contributed by atoms with Gasteiger partial charge in [0.05, 0.1) is 15.8 Å². The van der Waals surface area contributed by atoms with Gasteiger partial charge < -0.3 is 5.32 Å². The zero-order chi connectivity index (χ0) is 14.7. The first-order chi connectivity index (χ1) is 9.47. The zero-order valence-corrected chi connectivity index (χ0v) is 11.9. The van der Waals surface area contributed by atoms with Gasteiger partial charge in [-0.25, -0.2) is 0 Å². The van der Waals surface area contributed by atoms with E-state index in [0.717, 1.165) is 22.5 Å². The zero-order valence-electron chi connectivity index (χ0n) is 11.1. The maximum atomic E-state index is 12.0. The van der Waals surface area contributed by atoms with Gasteiger partial charge in [0, 0.05) is 6.07 Å². The lowest BCUT2D eigenvalue weighted by Crippen LogP contribution is -2.25. The van der Waals surface area contributed by atoms with Crippen molar-refractivity contribution in [3.05, 3.63) is 62.5 Å². The molecule has 1 unspecified atom stereocenters. The first kappa shape index (κ1) is 14.2. The Morgan fingerprint density at radius 2 is 1.90 bits per heavy atom. The maximum absolute atomic E-state index is 12.0. The molecule has 5 nitrogen and oxygen atoms in total. The van der Waals surface area contributed by atoms with Crippen LogP contribution in [0.1, 0.15) is 33.8 Å². The van der Waals surface area contributed by atoms with E-state index in [0.29, 0.717) is 4.88 Å². The number of nitrogens with zero attached hydrogens (tertiary/aromatic N) is 1. The van der Waals surface area contributed by atoms with E-state index in [2.05, 4.69) is 5.32 Å². The molecule has 0 aliphatic carbocycles. The number of nitro groups is 1. The fourth-order valence-corrected chi connectivity index (χ4v) is 2.48. The lowest BCUT2D eigenvalue weighted by atomic mass is 10.1. The number of nitrogens with one attached hydrogen (secondary N) is 1. The molecule has 1 atom stereocenters. The number of carbonyl (C=O) groups is 1. The predicted molar refractivity (Wildman–Crippen MR) is 78.0 cm³/mol. The number of benzene rings is 1. The Morgan fingerprint density at radius 3 is 2.45 bits per heavy atom. The van der Waals surface area contributed by atoms with Crippen LogP contribution in [0.15, 0.2) is 36.4 Å². The molecule has 0 aliphatic rings. The molecule has 1 heterocycles. The fourth-order valence-electron chi connectivity index (χ4n) is 1.75. The van der Waals surface area contributed by atoms with Crippen LogP contribution < -0.4 is 5.32 Å². The van der Waals surface area contributed by atoms with Crippen molar-refractivity contribution in [2.45, 2.75) is 19.9 Å². The third kappa shape index (κ3) is 3.21. The van der Waals surface area contributed by atoms with Gasteiger partial charge in [-0.15, -0.1) is 0 Å². The summed E-state index contributed by atoms with van der Waals surface area (Å²) in [6.45, 7) is 3.88. The quantitative estimate of drug-likeness (QED) is 0.692. The van der Waals surface area contributed by atoms with E-state index in [1.165, 1.54) is 12.1 Å². The number of carbonyl (C=O) groups excluding carboxylic acids is 1. The standard InChI is InChI=1S/C14H14N2O3S/c1-9-3-5-11(6-4-9)10(2)15-14(17)12-7-8-13(20-12)16(18)19/h3-8,10H,1-2H3,(H,15,17). The molecule has 0 radical (unpaired) electrons. The smallest absolute Gasteiger partial charge is 0.324 e. The summed E-state index contributed by atoms with van der Waals surface area (Å²) in [4.78, 5) is 22.5. The van der Waals surface area contributed by atoms with Crippen molar-refractivity contribution in [3.63, 3.8) is 0 Å². The van der Waals surface area contributed by atoms with Gasteiger partial charge >= 0.3 is 5.00 Å². The number of hydrogen-bond donors (Lipinski definition) is 1. The molecule has 1 amide bonds. The molecule has 0 fully saturated rings. The van der Waals surface area contributed by atoms with Crippen molar-refractivity contribution < 1.29 is 9.72 Å². The highest BCUT2D eigenvalue weighted by Gasteiger charge is 2.17. The van der Waals surface area contributed by atoms with Crippen LogP contribution in [0, 0.1) is 17.0 Å². The molecule has 104 valence electrons. The van der Waals surface area contributed by atoms with Crippen molar-refractivity contribution in [3.8, 4) is 0 Å². The van der Waals surface area contributed by atoms with Crippen LogP contribution >= 0.6 is 11.3 Å². The molecular weight excluding hydrogens is 276 g/mol. The number of hydrogen-bond acceptors (Lipinski definition) is 4. The van der Waals surface area contributed by atoms with E-state index in [9.17, 15) is 14.9 Å². The van der Waals surface area contributed by atoms with Crippen LogP contribution in [0.3, 0.4) is 0 Å². The number of aryl methyl sites for hydroxylation is 1. The average molecular weight is 290 g/mol. The van der Waals surface area contributed by atoms with Crippen molar-refractivity contribution in [2.75, 3.05) is 0 Å². The van der Waals surface area contributed by atoms with Gasteiger partial charge in [0.1, 0.15) is 0 Å². The Balaban J connectivity index is 2.06. The minimum absolute atomic E-state index is 0.0295. The summed E-state index contributed by atoms with van der Waals surface area (Å²) in [7, 11) is 0. The Kier molecular flexibility index (Phi) is 4.14. The molecule has 0 aliphatic heterocycles. The van der Waals surface area contributed by atoms with Crippen molar-refractivity contribution in [1.82, 2.24) is 5.32 Å². The van der Waals surface area contributed by atoms with Crippen LogP contribution in [0.25, 0.3) is 0 Å². The summed E-state index contributed by atoms with van der Waals surface area (Å²) in [6.07, 6.45) is 0.